The molecule has 1 unspecified atom stereocenters. The van der Waals surface area contributed by atoms with E-state index in [4.69, 9.17) is 17.4 Å². The molecule has 0 bridgehead atoms. The van der Waals surface area contributed by atoms with Gasteiger partial charge in [-0.05, 0) is 6.42 Å². The average molecular weight is 163 g/mol. The van der Waals surface area contributed by atoms with Crippen molar-refractivity contribution in [3.8, 4) is 0 Å². The molecule has 52 valence electrons. The number of hydroxylamine groups is 2. The van der Waals surface area contributed by atoms with Crippen LogP contribution in [0.2, 0.25) is 0 Å². The van der Waals surface area contributed by atoms with Gasteiger partial charge in [0, 0.05) is 12.2 Å². The van der Waals surface area contributed by atoms with E-state index in [-0.39, 0.29) is 6.04 Å². The van der Waals surface area contributed by atoms with E-state index in [1.165, 1.54) is 0 Å². The van der Waals surface area contributed by atoms with Crippen LogP contribution in [0.4, 0.5) is 0 Å². The van der Waals surface area contributed by atoms with Crippen LogP contribution in [0.25, 0.3) is 0 Å². The highest BCUT2D eigenvalue weighted by Gasteiger charge is 2.24. The van der Waals surface area contributed by atoms with Crippen molar-refractivity contribution in [1.29, 1.82) is 0 Å². The summed E-state index contributed by atoms with van der Waals surface area (Å²) in [5, 5.41) is 10.3. The van der Waals surface area contributed by atoms with E-state index in [0.29, 0.717) is 10.7 Å². The Bertz CT molecular complexity index is 128. The van der Waals surface area contributed by atoms with Crippen LogP contribution in [0, 0.1) is 0 Å². The van der Waals surface area contributed by atoms with Gasteiger partial charge in [0.2, 0.25) is 0 Å². The van der Waals surface area contributed by atoms with Crippen LogP contribution in [0.15, 0.2) is 0 Å². The molecule has 0 radical (unpaired) electrons. The monoisotopic (exact) mass is 163 g/mol. The Kier molecular flexibility index (Phi) is 2.32. The number of nitrogens with zero attached hydrogens (tertiary/aromatic N) is 1. The lowest BCUT2D eigenvalue weighted by molar-refractivity contribution is -0.0316. The first kappa shape index (κ1) is 7.31. The van der Waals surface area contributed by atoms with Gasteiger partial charge in [-0.3, -0.25) is 5.21 Å². The second-order valence-corrected chi connectivity index (χ2v) is 2.95. The molecule has 1 atom stereocenters. The second-order valence-electron chi connectivity index (χ2n) is 2.11. The molecule has 1 heterocycles. The number of hydrogen-bond donors (Lipinski definition) is 2. The fourth-order valence-corrected chi connectivity index (χ4v) is 1.50. The normalized spacial score (nSPS) is 27.6. The van der Waals surface area contributed by atoms with Crippen molar-refractivity contribution in [2.24, 2.45) is 0 Å². The quantitative estimate of drug-likeness (QED) is 0.447. The molecule has 0 spiro atoms. The second kappa shape index (κ2) is 2.86. The predicted octanol–water partition coefficient (Wildman–Crippen LogP) is 1.10. The lowest BCUT2D eigenvalue weighted by Crippen LogP contribution is -2.29. The molecule has 0 aromatic rings. The predicted molar refractivity (Wildman–Crippen MR) is 43.1 cm³/mol. The molecule has 0 aromatic carbocycles. The van der Waals surface area contributed by atoms with Crippen molar-refractivity contribution in [3.63, 3.8) is 0 Å². The first-order valence-corrected chi connectivity index (χ1v) is 3.91. The molecule has 0 aliphatic carbocycles. The minimum atomic E-state index is 0.154. The summed E-state index contributed by atoms with van der Waals surface area (Å²) in [6.45, 7) is 0. The number of thiocarbonyl (C=S) groups is 1. The largest absolute Gasteiger partial charge is 0.288 e. The summed E-state index contributed by atoms with van der Waals surface area (Å²) >= 11 is 8.88. The van der Waals surface area contributed by atoms with Crippen LogP contribution in [-0.4, -0.2) is 27.1 Å². The van der Waals surface area contributed by atoms with E-state index >= 15 is 0 Å². The Labute approximate surface area is 65.2 Å². The molecule has 0 amide bonds. The molecule has 9 heavy (non-hydrogen) atoms. The van der Waals surface area contributed by atoms with Gasteiger partial charge in [0.1, 0.15) is 4.99 Å². The van der Waals surface area contributed by atoms with Crippen molar-refractivity contribution in [2.45, 2.75) is 18.9 Å². The third-order valence-corrected chi connectivity index (χ3v) is 2.32. The van der Waals surface area contributed by atoms with E-state index in [1.54, 1.807) is 0 Å². The van der Waals surface area contributed by atoms with E-state index < -0.39 is 0 Å². The number of thiol groups is 1. The third-order valence-electron chi connectivity index (χ3n) is 1.50. The van der Waals surface area contributed by atoms with Crippen molar-refractivity contribution in [1.82, 2.24) is 5.06 Å². The first-order chi connectivity index (χ1) is 4.25. The zero-order chi connectivity index (χ0) is 6.85. The zero-order valence-corrected chi connectivity index (χ0v) is 6.66. The fraction of sp³-hybridized carbons (Fsp3) is 0.800. The molecule has 1 rings (SSSR count). The average Bonchev–Trinajstić information content (AvgIpc) is 2.15. The van der Waals surface area contributed by atoms with Crippen molar-refractivity contribution in [2.75, 3.05) is 5.75 Å². The molecule has 1 N–H and O–H groups in total. The Balaban J connectivity index is 2.51. The SMILES string of the molecule is ON1C(=S)CCC1CS. The van der Waals surface area contributed by atoms with Crippen LogP contribution >= 0.6 is 24.8 Å². The highest BCUT2D eigenvalue weighted by atomic mass is 32.1. The molecule has 4 heteroatoms. The van der Waals surface area contributed by atoms with E-state index in [9.17, 15) is 0 Å². The summed E-state index contributed by atoms with van der Waals surface area (Å²) in [6.07, 6.45) is 1.77. The summed E-state index contributed by atoms with van der Waals surface area (Å²) in [5.74, 6) is 0.677. The number of rotatable bonds is 1. The summed E-state index contributed by atoms with van der Waals surface area (Å²) in [5.41, 5.74) is 0. The molecule has 1 saturated heterocycles. The molecular weight excluding hydrogens is 154 g/mol. The summed E-state index contributed by atoms with van der Waals surface area (Å²) in [4.78, 5) is 0.647. The lowest BCUT2D eigenvalue weighted by atomic mass is 10.3. The van der Waals surface area contributed by atoms with Crippen LogP contribution < -0.4 is 0 Å². The molecule has 0 saturated carbocycles. The van der Waals surface area contributed by atoms with Gasteiger partial charge in [0.25, 0.3) is 0 Å². The smallest absolute Gasteiger partial charge is 0.104 e. The Hall–Kier alpha value is 0.200. The lowest BCUT2D eigenvalue weighted by Gasteiger charge is -2.15. The standard InChI is InChI=1S/C5H9NOS2/c7-6-4(3-8)1-2-5(6)9/h4,7-8H,1-3H2. The van der Waals surface area contributed by atoms with Gasteiger partial charge in [-0.2, -0.15) is 12.6 Å². The molecular formula is C5H9NOS2. The van der Waals surface area contributed by atoms with Gasteiger partial charge in [0.05, 0.1) is 6.04 Å². The zero-order valence-electron chi connectivity index (χ0n) is 4.95. The highest BCUT2D eigenvalue weighted by molar-refractivity contribution is 7.80. The summed E-state index contributed by atoms with van der Waals surface area (Å²) in [7, 11) is 0. The molecule has 1 aliphatic rings. The summed E-state index contributed by atoms with van der Waals surface area (Å²) in [6, 6.07) is 0.154. The maximum absolute atomic E-state index is 9.10. The van der Waals surface area contributed by atoms with Gasteiger partial charge >= 0.3 is 0 Å². The molecule has 1 aliphatic heterocycles. The highest BCUT2D eigenvalue weighted by Crippen LogP contribution is 2.17. The van der Waals surface area contributed by atoms with Crippen LogP contribution in [-0.2, 0) is 0 Å². The maximum atomic E-state index is 9.10. The van der Waals surface area contributed by atoms with Crippen molar-refractivity contribution < 1.29 is 5.21 Å². The van der Waals surface area contributed by atoms with Crippen molar-refractivity contribution in [3.05, 3.63) is 0 Å². The molecule has 2 nitrogen and oxygen atoms in total. The van der Waals surface area contributed by atoms with Gasteiger partial charge in [-0.25, -0.2) is 5.06 Å². The van der Waals surface area contributed by atoms with Gasteiger partial charge in [0.15, 0.2) is 0 Å². The van der Waals surface area contributed by atoms with Crippen LogP contribution in [0.5, 0.6) is 0 Å². The minimum Gasteiger partial charge on any atom is -0.288 e. The van der Waals surface area contributed by atoms with Gasteiger partial charge < -0.3 is 0 Å². The Morgan fingerprint density at radius 3 is 2.78 bits per heavy atom. The van der Waals surface area contributed by atoms with Crippen LogP contribution in [0.1, 0.15) is 12.8 Å². The topological polar surface area (TPSA) is 23.5 Å². The van der Waals surface area contributed by atoms with Crippen LogP contribution in [0.3, 0.4) is 0 Å². The Morgan fingerprint density at radius 2 is 2.56 bits per heavy atom. The first-order valence-electron chi connectivity index (χ1n) is 2.87. The molecule has 1 fully saturated rings. The minimum absolute atomic E-state index is 0.154. The fourth-order valence-electron chi connectivity index (χ4n) is 0.899. The van der Waals surface area contributed by atoms with E-state index in [2.05, 4.69) is 12.6 Å². The maximum Gasteiger partial charge on any atom is 0.104 e. The van der Waals surface area contributed by atoms with E-state index in [0.717, 1.165) is 17.9 Å². The van der Waals surface area contributed by atoms with Crippen molar-refractivity contribution >= 4 is 29.8 Å². The Morgan fingerprint density at radius 1 is 1.89 bits per heavy atom. The van der Waals surface area contributed by atoms with Gasteiger partial charge in [-0.15, -0.1) is 0 Å². The third kappa shape index (κ3) is 1.36. The number of hydrogen-bond acceptors (Lipinski definition) is 3. The van der Waals surface area contributed by atoms with E-state index in [1.807, 2.05) is 0 Å². The molecule has 0 aromatic heterocycles. The summed E-state index contributed by atoms with van der Waals surface area (Å²) < 4.78 is 0. The van der Waals surface area contributed by atoms with Gasteiger partial charge in [-0.1, -0.05) is 12.2 Å².